The third-order valence-corrected chi connectivity index (χ3v) is 8.11. The first kappa shape index (κ1) is 27.3. The fraction of sp³-hybridized carbons (Fsp3) is 0.250. The van der Waals surface area contributed by atoms with Crippen molar-refractivity contribution >= 4 is 45.2 Å². The number of benzene rings is 4. The molecule has 6 heteroatoms. The monoisotopic (exact) mass is 732 g/mol. The van der Waals surface area contributed by atoms with Crippen LogP contribution in [0.3, 0.4) is 0 Å². The van der Waals surface area contributed by atoms with Gasteiger partial charge in [-0.2, -0.15) is 0 Å². The van der Waals surface area contributed by atoms with E-state index in [9.17, 15) is 10.2 Å². The largest absolute Gasteiger partial charge is 0.507 e. The molecule has 1 aliphatic carbocycles. The van der Waals surface area contributed by atoms with Gasteiger partial charge in [0.05, 0.1) is 6.61 Å². The zero-order valence-electron chi connectivity index (χ0n) is 21.3. The minimum absolute atomic E-state index is 0.339. The molecule has 0 amide bonds. The number of phenols is 2. The lowest BCUT2D eigenvalue weighted by molar-refractivity contribution is 0.109. The maximum atomic E-state index is 11.4. The Balaban J connectivity index is 1.67. The second-order valence-electron chi connectivity index (χ2n) is 9.62. The van der Waals surface area contributed by atoms with Crippen LogP contribution in [0.4, 0.5) is 0 Å². The van der Waals surface area contributed by atoms with Crippen LogP contribution in [0.1, 0.15) is 51.4 Å². The predicted molar refractivity (Wildman–Crippen MR) is 168 cm³/mol. The van der Waals surface area contributed by atoms with Crippen LogP contribution in [-0.4, -0.2) is 30.0 Å². The molecule has 0 radical (unpaired) electrons. The zero-order valence-corrected chi connectivity index (χ0v) is 25.6. The Morgan fingerprint density at radius 1 is 0.632 bits per heavy atom. The molecule has 0 atom stereocenters. The van der Waals surface area contributed by atoms with Crippen molar-refractivity contribution in [3.63, 3.8) is 0 Å². The van der Waals surface area contributed by atoms with Crippen LogP contribution in [0.15, 0.2) is 66.7 Å². The van der Waals surface area contributed by atoms with Crippen molar-refractivity contribution in [2.24, 2.45) is 0 Å². The van der Waals surface area contributed by atoms with Crippen LogP contribution in [0.5, 0.6) is 17.2 Å². The molecule has 38 heavy (non-hydrogen) atoms. The summed E-state index contributed by atoms with van der Waals surface area (Å²) < 4.78 is 14.1. The molecule has 0 aromatic heterocycles. The van der Waals surface area contributed by atoms with Crippen molar-refractivity contribution in [1.82, 2.24) is 0 Å². The Hall–Kier alpha value is -2.30. The van der Waals surface area contributed by atoms with Gasteiger partial charge in [0.25, 0.3) is 0 Å². The highest BCUT2D eigenvalue weighted by atomic mass is 127. The SMILES string of the molecule is CCOCCOc1c2cccc1Cc1cc(I)cc(c1O)Cc1cccc(c1)Cc1cc(I)cc(c1O)C2. The molecule has 1 aliphatic rings. The third kappa shape index (κ3) is 6.29. The first-order valence-electron chi connectivity index (χ1n) is 12.8. The average Bonchev–Trinajstić information content (AvgIpc) is 2.88. The highest BCUT2D eigenvalue weighted by Crippen LogP contribution is 2.37. The van der Waals surface area contributed by atoms with Gasteiger partial charge < -0.3 is 19.7 Å². The molecule has 4 aromatic carbocycles. The number of hydrogen-bond acceptors (Lipinski definition) is 4. The van der Waals surface area contributed by atoms with Gasteiger partial charge in [0.1, 0.15) is 23.9 Å². The second kappa shape index (κ2) is 12.3. The van der Waals surface area contributed by atoms with Crippen molar-refractivity contribution < 1.29 is 19.7 Å². The van der Waals surface area contributed by atoms with Gasteiger partial charge in [-0.3, -0.25) is 0 Å². The van der Waals surface area contributed by atoms with E-state index in [2.05, 4.69) is 93.7 Å². The van der Waals surface area contributed by atoms with Gasteiger partial charge in [-0.05, 0) is 121 Å². The van der Waals surface area contributed by atoms with Crippen LogP contribution >= 0.6 is 45.2 Å². The molecule has 0 saturated carbocycles. The summed E-state index contributed by atoms with van der Waals surface area (Å²) >= 11 is 4.66. The Morgan fingerprint density at radius 2 is 1.11 bits per heavy atom. The lowest BCUT2D eigenvalue weighted by Gasteiger charge is -2.19. The fourth-order valence-corrected chi connectivity index (χ4v) is 6.63. The molecule has 0 heterocycles. The summed E-state index contributed by atoms with van der Waals surface area (Å²) in [6.07, 6.45) is 2.34. The molecule has 0 spiro atoms. The van der Waals surface area contributed by atoms with Crippen LogP contribution in [0.25, 0.3) is 0 Å². The number of ether oxygens (including phenoxy) is 2. The van der Waals surface area contributed by atoms with E-state index in [-0.39, 0.29) is 0 Å². The molecule has 0 unspecified atom stereocenters. The molecule has 2 N–H and O–H groups in total. The number of halogens is 2. The maximum absolute atomic E-state index is 11.4. The summed E-state index contributed by atoms with van der Waals surface area (Å²) in [5.74, 6) is 1.47. The molecule has 0 saturated heterocycles. The lowest BCUT2D eigenvalue weighted by Crippen LogP contribution is -2.10. The minimum Gasteiger partial charge on any atom is -0.507 e. The molecule has 4 nitrogen and oxygen atoms in total. The van der Waals surface area contributed by atoms with Crippen molar-refractivity contribution in [3.8, 4) is 17.2 Å². The quantitative estimate of drug-likeness (QED) is 0.146. The second-order valence-corrected chi connectivity index (χ2v) is 12.1. The van der Waals surface area contributed by atoms with Gasteiger partial charge in [0.15, 0.2) is 0 Å². The van der Waals surface area contributed by atoms with Gasteiger partial charge in [-0.15, -0.1) is 0 Å². The highest BCUT2D eigenvalue weighted by Gasteiger charge is 2.19. The number of phenolic OH excluding ortho intramolecular Hbond substituents is 2. The van der Waals surface area contributed by atoms with Gasteiger partial charge in [0.2, 0.25) is 0 Å². The lowest BCUT2D eigenvalue weighted by atomic mass is 9.92. The van der Waals surface area contributed by atoms with E-state index in [1.807, 2.05) is 25.1 Å². The van der Waals surface area contributed by atoms with Crippen molar-refractivity contribution in [1.29, 1.82) is 0 Å². The highest BCUT2D eigenvalue weighted by molar-refractivity contribution is 14.1. The molecule has 196 valence electrons. The van der Waals surface area contributed by atoms with E-state index in [0.29, 0.717) is 57.0 Å². The van der Waals surface area contributed by atoms with E-state index < -0.39 is 0 Å². The van der Waals surface area contributed by atoms with E-state index in [1.54, 1.807) is 0 Å². The molecule has 4 aromatic rings. The first-order valence-corrected chi connectivity index (χ1v) is 15.0. The number of aromatic hydroxyl groups is 2. The summed E-state index contributed by atoms with van der Waals surface area (Å²) in [6.45, 7) is 3.54. The fourth-order valence-electron chi connectivity index (χ4n) is 5.12. The van der Waals surface area contributed by atoms with Gasteiger partial charge in [-0.1, -0.05) is 42.5 Å². The normalized spacial score (nSPS) is 12.8. The molecular weight excluding hydrogens is 702 g/mol. The van der Waals surface area contributed by atoms with Crippen molar-refractivity contribution in [3.05, 3.63) is 118 Å². The minimum atomic E-state index is 0.339. The smallest absolute Gasteiger partial charge is 0.126 e. The van der Waals surface area contributed by atoms with Crippen LogP contribution < -0.4 is 4.74 Å². The molecular formula is C32H30I2O4. The number of para-hydroxylation sites is 1. The van der Waals surface area contributed by atoms with Gasteiger partial charge >= 0.3 is 0 Å². The summed E-state index contributed by atoms with van der Waals surface area (Å²) in [6, 6.07) is 22.8. The summed E-state index contributed by atoms with van der Waals surface area (Å²) in [7, 11) is 0. The molecule has 8 bridgehead atoms. The Morgan fingerprint density at radius 3 is 1.61 bits per heavy atom. The molecule has 5 rings (SSSR count). The van der Waals surface area contributed by atoms with Crippen molar-refractivity contribution in [2.75, 3.05) is 19.8 Å². The third-order valence-electron chi connectivity index (χ3n) is 6.86. The Labute approximate surface area is 251 Å². The predicted octanol–water partition coefficient (Wildman–Crippen LogP) is 7.40. The van der Waals surface area contributed by atoms with Gasteiger partial charge in [0, 0.05) is 39.4 Å². The van der Waals surface area contributed by atoms with Crippen LogP contribution in [0, 0.1) is 7.14 Å². The summed E-state index contributed by atoms with van der Waals surface area (Å²) in [5.41, 5.74) is 7.83. The maximum Gasteiger partial charge on any atom is 0.126 e. The van der Waals surface area contributed by atoms with Crippen LogP contribution in [0.2, 0.25) is 0 Å². The standard InChI is InChI=1S/C32H30I2O4/c1-2-37-9-10-38-32-22-7-4-8-23(32)15-27-19-29(34)17-25(31(27)36)13-21-6-3-5-20(11-21)12-24-16-28(33)18-26(14-22)30(24)35/h3-8,11,16-19,35-36H,2,9-10,12-15H2,1H3. The number of rotatable bonds is 5. The Kier molecular flexibility index (Phi) is 8.80. The molecule has 0 fully saturated rings. The van der Waals surface area contributed by atoms with E-state index >= 15 is 0 Å². The van der Waals surface area contributed by atoms with Crippen LogP contribution in [-0.2, 0) is 30.4 Å². The van der Waals surface area contributed by atoms with E-state index in [0.717, 1.165) is 57.4 Å². The summed E-state index contributed by atoms with van der Waals surface area (Å²) in [4.78, 5) is 0. The zero-order chi connectivity index (χ0) is 26.6. The van der Waals surface area contributed by atoms with Crippen molar-refractivity contribution in [2.45, 2.75) is 32.6 Å². The number of hydrogen-bond donors (Lipinski definition) is 2. The summed E-state index contributed by atoms with van der Waals surface area (Å²) in [5, 5.41) is 22.7. The number of fused-ring (bicyclic) bond motifs is 8. The Bertz CT molecular complexity index is 1370. The first-order chi connectivity index (χ1) is 18.4. The van der Waals surface area contributed by atoms with E-state index in [4.69, 9.17) is 9.47 Å². The topological polar surface area (TPSA) is 58.9 Å². The average molecular weight is 732 g/mol. The van der Waals surface area contributed by atoms with E-state index in [1.165, 1.54) is 0 Å². The molecule has 0 aliphatic heterocycles. The van der Waals surface area contributed by atoms with Gasteiger partial charge in [-0.25, -0.2) is 0 Å².